The summed E-state index contributed by atoms with van der Waals surface area (Å²) in [4.78, 5) is 11.0. The van der Waals surface area contributed by atoms with Crippen LogP contribution in [0.15, 0.2) is 0 Å². The molecular weight excluding hydrogens is 248 g/mol. The van der Waals surface area contributed by atoms with Gasteiger partial charge in [0.25, 0.3) is 0 Å². The summed E-state index contributed by atoms with van der Waals surface area (Å²) in [5.41, 5.74) is 0. The maximum Gasteiger partial charge on any atom is 0.326 e. The second kappa shape index (κ2) is 10.7. The molecule has 0 saturated carbocycles. The summed E-state index contributed by atoms with van der Waals surface area (Å²) in [7, 11) is 1.43. The predicted molar refractivity (Wildman–Crippen MR) is 78.1 cm³/mol. The standard InChI is InChI=1S/C15H29ClO2/c1-4-6-8-10-12-15(16,14(17)18-3)13-11-9-7-5-2/h4-13H2,1-3H3. The Hall–Kier alpha value is -0.240. The number of alkyl halides is 1. The van der Waals surface area contributed by atoms with Gasteiger partial charge in [-0.1, -0.05) is 65.2 Å². The molecule has 0 aromatic carbocycles. The minimum Gasteiger partial charge on any atom is -0.468 e. The molecule has 0 radical (unpaired) electrons. The SMILES string of the molecule is CCCCCCC(Cl)(CCCCCC)C(=O)OC. The highest BCUT2D eigenvalue weighted by molar-refractivity contribution is 6.34. The Morgan fingerprint density at radius 2 is 1.39 bits per heavy atom. The fourth-order valence-electron chi connectivity index (χ4n) is 2.18. The summed E-state index contributed by atoms with van der Waals surface area (Å²) in [5, 5.41) is 0. The van der Waals surface area contributed by atoms with E-state index in [1.54, 1.807) is 0 Å². The van der Waals surface area contributed by atoms with Crippen molar-refractivity contribution in [2.45, 2.75) is 82.9 Å². The van der Waals surface area contributed by atoms with Gasteiger partial charge >= 0.3 is 5.97 Å². The first-order valence-corrected chi connectivity index (χ1v) is 7.75. The topological polar surface area (TPSA) is 26.3 Å². The fraction of sp³-hybridized carbons (Fsp3) is 0.933. The van der Waals surface area contributed by atoms with Crippen LogP contribution in [0.1, 0.15) is 78.1 Å². The van der Waals surface area contributed by atoms with Crippen molar-refractivity contribution in [3.63, 3.8) is 0 Å². The Bertz CT molecular complexity index is 205. The van der Waals surface area contributed by atoms with Gasteiger partial charge in [-0.25, -0.2) is 0 Å². The first-order chi connectivity index (χ1) is 8.60. The number of ether oxygens (including phenoxy) is 1. The van der Waals surface area contributed by atoms with Crippen molar-refractivity contribution in [1.82, 2.24) is 0 Å². The number of halogens is 1. The zero-order valence-corrected chi connectivity index (χ0v) is 13.0. The van der Waals surface area contributed by atoms with Gasteiger partial charge in [0.1, 0.15) is 4.87 Å². The highest BCUT2D eigenvalue weighted by atomic mass is 35.5. The lowest BCUT2D eigenvalue weighted by molar-refractivity contribution is -0.144. The lowest BCUT2D eigenvalue weighted by atomic mass is 9.93. The third kappa shape index (κ3) is 7.25. The van der Waals surface area contributed by atoms with Gasteiger partial charge in [-0.2, -0.15) is 0 Å². The van der Waals surface area contributed by atoms with Crippen LogP contribution in [-0.2, 0) is 9.53 Å². The van der Waals surface area contributed by atoms with Crippen LogP contribution in [0, 0.1) is 0 Å². The van der Waals surface area contributed by atoms with Crippen molar-refractivity contribution in [2.75, 3.05) is 7.11 Å². The molecule has 0 heterocycles. The monoisotopic (exact) mass is 276 g/mol. The maximum atomic E-state index is 11.8. The van der Waals surface area contributed by atoms with E-state index in [1.165, 1.54) is 32.8 Å². The van der Waals surface area contributed by atoms with Crippen molar-refractivity contribution in [1.29, 1.82) is 0 Å². The van der Waals surface area contributed by atoms with Crippen molar-refractivity contribution in [3.8, 4) is 0 Å². The second-order valence-electron chi connectivity index (χ2n) is 5.08. The molecule has 0 atom stereocenters. The summed E-state index contributed by atoms with van der Waals surface area (Å²) in [6.07, 6.45) is 10.6. The molecule has 2 nitrogen and oxygen atoms in total. The molecule has 0 rings (SSSR count). The maximum absolute atomic E-state index is 11.8. The summed E-state index contributed by atoms with van der Waals surface area (Å²) in [6.45, 7) is 4.36. The lowest BCUT2D eigenvalue weighted by Crippen LogP contribution is -2.33. The summed E-state index contributed by atoms with van der Waals surface area (Å²) >= 11 is 6.47. The minimum atomic E-state index is -0.782. The molecule has 0 aliphatic carbocycles. The lowest BCUT2D eigenvalue weighted by Gasteiger charge is -2.24. The van der Waals surface area contributed by atoms with E-state index in [0.717, 1.165) is 38.5 Å². The largest absolute Gasteiger partial charge is 0.468 e. The summed E-state index contributed by atoms with van der Waals surface area (Å²) in [5.74, 6) is -0.253. The molecule has 0 saturated heterocycles. The Labute approximate surface area is 117 Å². The average molecular weight is 277 g/mol. The molecule has 0 unspecified atom stereocenters. The molecule has 0 spiro atoms. The number of carbonyl (C=O) groups excluding carboxylic acids is 1. The van der Waals surface area contributed by atoms with Crippen LogP contribution in [0.3, 0.4) is 0 Å². The van der Waals surface area contributed by atoms with E-state index in [-0.39, 0.29) is 5.97 Å². The molecule has 0 aromatic heterocycles. The third-order valence-electron chi connectivity index (χ3n) is 3.40. The average Bonchev–Trinajstić information content (AvgIpc) is 2.39. The molecule has 3 heteroatoms. The molecule has 0 N–H and O–H groups in total. The number of hydrogen-bond acceptors (Lipinski definition) is 2. The number of rotatable bonds is 11. The number of unbranched alkanes of at least 4 members (excludes halogenated alkanes) is 6. The number of carbonyl (C=O) groups is 1. The van der Waals surface area contributed by atoms with Crippen LogP contribution in [0.5, 0.6) is 0 Å². The smallest absolute Gasteiger partial charge is 0.326 e. The van der Waals surface area contributed by atoms with E-state index in [1.807, 2.05) is 0 Å². The quantitative estimate of drug-likeness (QED) is 0.299. The van der Waals surface area contributed by atoms with Gasteiger partial charge in [0.15, 0.2) is 0 Å². The first kappa shape index (κ1) is 17.8. The molecule has 108 valence electrons. The molecule has 0 aromatic rings. The molecule has 0 aliphatic heterocycles. The second-order valence-corrected chi connectivity index (χ2v) is 5.80. The highest BCUT2D eigenvalue weighted by Crippen LogP contribution is 2.31. The van der Waals surface area contributed by atoms with E-state index in [0.29, 0.717) is 0 Å². The van der Waals surface area contributed by atoms with Gasteiger partial charge < -0.3 is 4.74 Å². The van der Waals surface area contributed by atoms with Gasteiger partial charge in [0.2, 0.25) is 0 Å². The molecular formula is C15H29ClO2. The Morgan fingerprint density at radius 1 is 0.944 bits per heavy atom. The van der Waals surface area contributed by atoms with E-state index in [4.69, 9.17) is 16.3 Å². The van der Waals surface area contributed by atoms with E-state index >= 15 is 0 Å². The molecule has 0 amide bonds. The Kier molecular flexibility index (Phi) is 10.5. The Balaban J connectivity index is 4.12. The van der Waals surface area contributed by atoms with Crippen molar-refractivity contribution in [2.24, 2.45) is 0 Å². The van der Waals surface area contributed by atoms with Crippen LogP contribution in [0.25, 0.3) is 0 Å². The van der Waals surface area contributed by atoms with Crippen LogP contribution in [0.2, 0.25) is 0 Å². The molecule has 0 aliphatic rings. The van der Waals surface area contributed by atoms with E-state index < -0.39 is 4.87 Å². The first-order valence-electron chi connectivity index (χ1n) is 7.38. The number of esters is 1. The zero-order valence-electron chi connectivity index (χ0n) is 12.3. The van der Waals surface area contributed by atoms with E-state index in [9.17, 15) is 4.79 Å². The molecule has 18 heavy (non-hydrogen) atoms. The Morgan fingerprint density at radius 3 is 1.72 bits per heavy atom. The molecule has 0 bridgehead atoms. The zero-order chi connectivity index (χ0) is 13.9. The number of methoxy groups -OCH3 is 1. The highest BCUT2D eigenvalue weighted by Gasteiger charge is 2.35. The summed E-state index contributed by atoms with van der Waals surface area (Å²) in [6, 6.07) is 0. The van der Waals surface area contributed by atoms with Crippen LogP contribution in [-0.4, -0.2) is 18.0 Å². The third-order valence-corrected chi connectivity index (χ3v) is 3.94. The number of hydrogen-bond donors (Lipinski definition) is 0. The van der Waals surface area contributed by atoms with Gasteiger partial charge in [0, 0.05) is 0 Å². The van der Waals surface area contributed by atoms with Crippen LogP contribution >= 0.6 is 11.6 Å². The normalized spacial score (nSPS) is 11.6. The van der Waals surface area contributed by atoms with Gasteiger partial charge in [-0.05, 0) is 12.8 Å². The fourth-order valence-corrected chi connectivity index (χ4v) is 2.52. The van der Waals surface area contributed by atoms with Crippen molar-refractivity contribution in [3.05, 3.63) is 0 Å². The molecule has 0 fully saturated rings. The summed E-state index contributed by atoms with van der Waals surface area (Å²) < 4.78 is 4.86. The van der Waals surface area contributed by atoms with Crippen LogP contribution < -0.4 is 0 Å². The van der Waals surface area contributed by atoms with Gasteiger partial charge in [-0.3, -0.25) is 4.79 Å². The minimum absolute atomic E-state index is 0.253. The van der Waals surface area contributed by atoms with Gasteiger partial charge in [-0.15, -0.1) is 11.6 Å². The van der Waals surface area contributed by atoms with Crippen LogP contribution in [0.4, 0.5) is 0 Å². The van der Waals surface area contributed by atoms with Crippen molar-refractivity contribution < 1.29 is 9.53 Å². The van der Waals surface area contributed by atoms with E-state index in [2.05, 4.69) is 13.8 Å². The van der Waals surface area contributed by atoms with Crippen molar-refractivity contribution >= 4 is 17.6 Å². The van der Waals surface area contributed by atoms with Gasteiger partial charge in [0.05, 0.1) is 7.11 Å². The predicted octanol–water partition coefficient (Wildman–Crippen LogP) is 5.08.